The predicted octanol–water partition coefficient (Wildman–Crippen LogP) is 4.48. The van der Waals surface area contributed by atoms with Gasteiger partial charge in [0.15, 0.2) is 5.82 Å². The molecule has 28 heavy (non-hydrogen) atoms. The van der Waals surface area contributed by atoms with Crippen LogP contribution in [-0.2, 0) is 7.05 Å². The molecule has 4 aromatic rings. The summed E-state index contributed by atoms with van der Waals surface area (Å²) in [6.45, 7) is 0. The van der Waals surface area contributed by atoms with Crippen molar-refractivity contribution in [1.29, 1.82) is 0 Å². The topological polar surface area (TPSA) is 115 Å². The number of tetrazole rings is 1. The average Bonchev–Trinajstić information content (AvgIpc) is 3.29. The molecule has 142 valence electrons. The number of hydrogen-bond donors (Lipinski definition) is 3. The molecule has 8 nitrogen and oxygen atoms in total. The number of nitrogen functional groups attached to an aromatic ring is 1. The lowest BCUT2D eigenvalue weighted by atomic mass is 10.1. The summed E-state index contributed by atoms with van der Waals surface area (Å²) in [5.74, 6) is 0.168. The maximum atomic E-state index is 13.0. The normalized spacial score (nSPS) is 11.1. The summed E-state index contributed by atoms with van der Waals surface area (Å²) in [4.78, 5) is 13.0. The molecule has 2 aromatic carbocycles. The van der Waals surface area contributed by atoms with Crippen LogP contribution in [-0.4, -0.2) is 31.1 Å². The summed E-state index contributed by atoms with van der Waals surface area (Å²) in [6, 6.07) is 9.10. The number of nitrogens with one attached hydrogen (secondary N) is 2. The first-order valence-electron chi connectivity index (χ1n) is 7.94. The third-order valence-corrected chi connectivity index (χ3v) is 6.12. The van der Waals surface area contributed by atoms with Crippen LogP contribution < -0.4 is 11.1 Å². The second-order valence-electron chi connectivity index (χ2n) is 6.00. The number of carbonyl (C=O) groups is 1. The summed E-state index contributed by atoms with van der Waals surface area (Å²) in [7, 11) is 1.80. The lowest BCUT2D eigenvalue weighted by Crippen LogP contribution is -2.16. The lowest BCUT2D eigenvalue weighted by Gasteiger charge is -2.11. The molecule has 0 aliphatic rings. The van der Waals surface area contributed by atoms with E-state index in [4.69, 9.17) is 5.73 Å². The first-order chi connectivity index (χ1) is 13.4. The summed E-state index contributed by atoms with van der Waals surface area (Å²) in [5, 5.41) is 17.6. The maximum Gasteiger partial charge on any atom is 0.272 e. The molecule has 0 spiro atoms. The predicted molar refractivity (Wildman–Crippen MR) is 118 cm³/mol. The summed E-state index contributed by atoms with van der Waals surface area (Å²) in [6.07, 6.45) is 0. The molecule has 0 fully saturated rings. The van der Waals surface area contributed by atoms with Crippen LogP contribution in [0.4, 0.5) is 11.4 Å². The highest BCUT2D eigenvalue weighted by molar-refractivity contribution is 9.11. The van der Waals surface area contributed by atoms with Crippen LogP contribution in [0.3, 0.4) is 0 Å². The molecule has 0 aliphatic heterocycles. The molecule has 0 atom stereocenters. The van der Waals surface area contributed by atoms with Gasteiger partial charge in [-0.1, -0.05) is 31.9 Å². The van der Waals surface area contributed by atoms with Crippen molar-refractivity contribution in [2.75, 3.05) is 11.1 Å². The Hall–Kier alpha value is -2.24. The Morgan fingerprint density at radius 2 is 1.96 bits per heavy atom. The summed E-state index contributed by atoms with van der Waals surface area (Å²) < 4.78 is 4.20. The number of benzene rings is 2. The van der Waals surface area contributed by atoms with Gasteiger partial charge >= 0.3 is 0 Å². The fourth-order valence-electron chi connectivity index (χ4n) is 2.99. The van der Waals surface area contributed by atoms with E-state index in [1.807, 2.05) is 18.2 Å². The van der Waals surface area contributed by atoms with Gasteiger partial charge in [0.05, 0.1) is 16.9 Å². The summed E-state index contributed by atoms with van der Waals surface area (Å²) in [5.41, 5.74) is 9.24. The number of nitrogens with zero attached hydrogens (tertiary/aromatic N) is 4. The number of aryl methyl sites for hydroxylation is 1. The molecule has 4 rings (SSSR count). The van der Waals surface area contributed by atoms with Gasteiger partial charge in [-0.25, -0.2) is 5.10 Å². The van der Waals surface area contributed by atoms with E-state index in [2.05, 4.69) is 73.7 Å². The Kier molecular flexibility index (Phi) is 4.98. The monoisotopic (exact) mass is 567 g/mol. The number of H-pyrrole nitrogens is 1. The fourth-order valence-corrected chi connectivity index (χ4v) is 4.61. The maximum absolute atomic E-state index is 13.0. The van der Waals surface area contributed by atoms with Gasteiger partial charge in [0.1, 0.15) is 5.69 Å². The van der Waals surface area contributed by atoms with Crippen LogP contribution in [0.1, 0.15) is 10.5 Å². The molecule has 2 aromatic heterocycles. The molecule has 0 aliphatic carbocycles. The highest BCUT2D eigenvalue weighted by Crippen LogP contribution is 2.37. The lowest BCUT2D eigenvalue weighted by molar-refractivity contribution is 0.102. The van der Waals surface area contributed by atoms with Crippen molar-refractivity contribution in [2.24, 2.45) is 7.05 Å². The van der Waals surface area contributed by atoms with Crippen molar-refractivity contribution in [3.63, 3.8) is 0 Å². The van der Waals surface area contributed by atoms with Gasteiger partial charge in [0, 0.05) is 31.4 Å². The molecule has 11 heteroatoms. The van der Waals surface area contributed by atoms with Crippen molar-refractivity contribution in [2.45, 2.75) is 0 Å². The van der Waals surface area contributed by atoms with E-state index in [1.54, 1.807) is 23.7 Å². The Labute approximate surface area is 184 Å². The second-order valence-corrected chi connectivity index (χ2v) is 8.62. The van der Waals surface area contributed by atoms with Crippen molar-refractivity contribution < 1.29 is 4.79 Å². The highest BCUT2D eigenvalue weighted by atomic mass is 79.9. The average molecular weight is 570 g/mol. The van der Waals surface area contributed by atoms with E-state index < -0.39 is 0 Å². The molecular weight excluding hydrogens is 558 g/mol. The van der Waals surface area contributed by atoms with Crippen LogP contribution in [0, 0.1) is 0 Å². The number of hydrogen-bond acceptors (Lipinski definition) is 5. The number of carbonyl (C=O) groups excluding carboxylic acids is 1. The number of amides is 1. The van der Waals surface area contributed by atoms with Crippen LogP contribution in [0.25, 0.3) is 22.3 Å². The highest BCUT2D eigenvalue weighted by Gasteiger charge is 2.20. The van der Waals surface area contributed by atoms with Gasteiger partial charge in [0.2, 0.25) is 0 Å². The minimum atomic E-state index is -0.280. The third kappa shape index (κ3) is 3.23. The van der Waals surface area contributed by atoms with Gasteiger partial charge in [-0.3, -0.25) is 4.79 Å². The summed E-state index contributed by atoms with van der Waals surface area (Å²) >= 11 is 10.4. The first-order valence-corrected chi connectivity index (χ1v) is 10.3. The number of aromatic nitrogens is 5. The van der Waals surface area contributed by atoms with Gasteiger partial charge in [-0.2, -0.15) is 0 Å². The Morgan fingerprint density at radius 3 is 2.68 bits per heavy atom. The zero-order chi connectivity index (χ0) is 20.0. The first kappa shape index (κ1) is 19.1. The van der Waals surface area contributed by atoms with Crippen LogP contribution in [0.5, 0.6) is 0 Å². The Morgan fingerprint density at radius 1 is 1.18 bits per heavy atom. The number of rotatable bonds is 3. The Balaban J connectivity index is 1.78. The van der Waals surface area contributed by atoms with E-state index in [9.17, 15) is 4.79 Å². The number of fused-ring (bicyclic) bond motifs is 1. The number of halogens is 3. The Bertz CT molecular complexity index is 1220. The largest absolute Gasteiger partial charge is 0.396 e. The molecule has 0 bridgehead atoms. The van der Waals surface area contributed by atoms with E-state index in [0.29, 0.717) is 28.5 Å². The van der Waals surface area contributed by atoms with E-state index in [-0.39, 0.29) is 5.91 Å². The SMILES string of the molecule is Cn1c(C(=O)Nc2ccc(Br)cc2-c2nnn[nH]2)cc2c(Br)cc(Br)c(N)c21. The van der Waals surface area contributed by atoms with Gasteiger partial charge in [0.25, 0.3) is 5.91 Å². The third-order valence-electron chi connectivity index (χ3n) is 4.32. The number of anilines is 2. The van der Waals surface area contributed by atoms with Crippen LogP contribution in [0.15, 0.2) is 43.7 Å². The zero-order valence-electron chi connectivity index (χ0n) is 14.3. The van der Waals surface area contributed by atoms with Crippen molar-refractivity contribution >= 4 is 76.0 Å². The second kappa shape index (κ2) is 7.30. The van der Waals surface area contributed by atoms with Gasteiger partial charge < -0.3 is 15.6 Å². The van der Waals surface area contributed by atoms with Crippen molar-refractivity contribution in [3.05, 3.63) is 49.4 Å². The fraction of sp³-hybridized carbons (Fsp3) is 0.0588. The van der Waals surface area contributed by atoms with Gasteiger partial charge in [-0.05, 0) is 56.7 Å². The molecule has 0 radical (unpaired) electrons. The molecule has 0 saturated carbocycles. The standard InChI is InChI=1S/C17H12Br3N7O/c1-27-13(5-8-10(19)6-11(20)14(21)15(8)27)17(28)22-12-3-2-7(18)4-9(12)16-23-25-26-24-16/h2-6H,21H2,1H3,(H,22,28)(H,23,24,25,26). The van der Waals surface area contributed by atoms with E-state index in [1.165, 1.54) is 0 Å². The molecule has 0 unspecified atom stereocenters. The molecule has 4 N–H and O–H groups in total. The van der Waals surface area contributed by atoms with Crippen molar-refractivity contribution in [1.82, 2.24) is 25.2 Å². The van der Waals surface area contributed by atoms with Crippen LogP contribution in [0.2, 0.25) is 0 Å². The number of aromatic amines is 1. The van der Waals surface area contributed by atoms with Crippen LogP contribution >= 0.6 is 47.8 Å². The molecule has 2 heterocycles. The van der Waals surface area contributed by atoms with Gasteiger partial charge in [-0.15, -0.1) is 5.10 Å². The zero-order valence-corrected chi connectivity index (χ0v) is 19.1. The minimum absolute atomic E-state index is 0.280. The molecular formula is C17H12Br3N7O. The van der Waals surface area contributed by atoms with E-state index >= 15 is 0 Å². The molecule has 0 saturated heterocycles. The smallest absolute Gasteiger partial charge is 0.272 e. The number of nitrogens with two attached hydrogens (primary N) is 1. The quantitative estimate of drug-likeness (QED) is 0.315. The van der Waals surface area contributed by atoms with E-state index in [0.717, 1.165) is 24.3 Å². The molecule has 1 amide bonds. The van der Waals surface area contributed by atoms with Crippen molar-refractivity contribution in [3.8, 4) is 11.4 Å². The minimum Gasteiger partial charge on any atom is -0.396 e.